The lowest BCUT2D eigenvalue weighted by Gasteiger charge is -2.59. The number of methoxy groups -OCH3 is 2. The van der Waals surface area contributed by atoms with Crippen LogP contribution in [0, 0.1) is 30.0 Å². The van der Waals surface area contributed by atoms with Crippen molar-refractivity contribution in [2.75, 3.05) is 75.7 Å². The van der Waals surface area contributed by atoms with Gasteiger partial charge in [0.05, 0.1) is 68.5 Å². The average Bonchev–Trinajstić information content (AvgIpc) is 0.964. The number of likely N-dealkylation sites (N-methyl/N-ethyl adjacent to an activating group) is 1. The van der Waals surface area contributed by atoms with Crippen molar-refractivity contribution in [1.82, 2.24) is 44.1 Å². The number of benzene rings is 8. The van der Waals surface area contributed by atoms with Gasteiger partial charge in [-0.25, -0.2) is 37.3 Å². The molecule has 0 radical (unpaired) electrons. The van der Waals surface area contributed by atoms with Crippen LogP contribution in [0.25, 0.3) is 10.9 Å². The number of unbranched alkanes of at least 4 members (excludes halogenated alkanes) is 3. The van der Waals surface area contributed by atoms with Gasteiger partial charge in [-0.1, -0.05) is 222 Å². The summed E-state index contributed by atoms with van der Waals surface area (Å²) in [5.74, 6) is 2.54. The zero-order chi connectivity index (χ0) is 88.8. The highest BCUT2D eigenvalue weighted by Gasteiger charge is 2.56. The number of amides is 1. The van der Waals surface area contributed by atoms with Crippen LogP contribution in [0.1, 0.15) is 152 Å². The maximum absolute atomic E-state index is 13.8. The van der Waals surface area contributed by atoms with Gasteiger partial charge in [0.2, 0.25) is 11.9 Å². The quantitative estimate of drug-likeness (QED) is 0.0164. The minimum absolute atomic E-state index is 0.00178. The molecule has 22 nitrogen and oxygen atoms in total. The fraction of sp³-hybridized carbons (Fsp3) is 0.344. The van der Waals surface area contributed by atoms with Gasteiger partial charge in [0.25, 0.3) is 15.9 Å². The van der Waals surface area contributed by atoms with Gasteiger partial charge < -0.3 is 24.9 Å². The lowest BCUT2D eigenvalue weighted by molar-refractivity contribution is -0.133. The maximum atomic E-state index is 13.8. The molecule has 16 rings (SSSR count). The van der Waals surface area contributed by atoms with Crippen LogP contribution in [0.3, 0.4) is 0 Å². The van der Waals surface area contributed by atoms with Crippen LogP contribution >= 0.6 is 34.8 Å². The predicted octanol–water partition coefficient (Wildman–Crippen LogP) is 18.1. The number of carbonyl (C=O) groups excluding carboxylic acids is 1. The van der Waals surface area contributed by atoms with Crippen molar-refractivity contribution in [3.05, 3.63) is 307 Å². The van der Waals surface area contributed by atoms with Crippen molar-refractivity contribution >= 4 is 101 Å². The predicted molar refractivity (Wildman–Crippen MR) is 498 cm³/mol. The first-order valence-electron chi connectivity index (χ1n) is 41.6. The van der Waals surface area contributed by atoms with E-state index in [4.69, 9.17) is 54.5 Å². The van der Waals surface area contributed by atoms with Gasteiger partial charge in [-0.05, 0) is 191 Å². The Labute approximate surface area is 743 Å². The largest absolute Gasteiger partial charge is 0.496 e. The molecular weight excluding hydrogens is 1670 g/mol. The molecule has 5 heterocycles. The number of nitrogens with zero attached hydrogens (tertiary/aromatic N) is 10. The van der Waals surface area contributed by atoms with Crippen molar-refractivity contribution in [2.45, 2.75) is 127 Å². The molecule has 652 valence electrons. The van der Waals surface area contributed by atoms with Crippen LogP contribution in [0.2, 0.25) is 15.1 Å². The number of sulfonamides is 1. The standard InChI is InChI=1S/C27H25ClN4O.C27H42O3.C23H22ClN5O2S.C19H21ClFN5O2S/c1-29-25(15-20-16-30-24-10-6-5-9-22(20)24)27(33)32-17-23(18-7-3-2-4-8-18)26(31-32)19-11-13-21(28)14-12-19;1-8-9-10-11-12-26(2,3)19-14-23(29-6)25(24(15-19)30-7)20-13-18(17-28)21-16-22(20)27(21,4)5;1-16-5-11-20(12-6-16)32(30,31)28-23(25-2)29-15-21(18-4-3-13-26-14-18)22(27-29)17-7-9-19(24)10-8-17;1-22-19(24-29(27,28)25(2)3)26-12-17(14-5-4-6-16(21)11-14)18(23-26)13-7-9-15(20)10-8-13/h2-14,16,23,25,29-30H,15,17H2,1H3;13-15,20-22,28H,8-12,16-17H2,1-7H3;3-14,21H,15H2,1-2H3,(H,25,28);4-11,17H,12H2,1-3H3,(H,22,24)/t23?,25-;20-,21+,22-;;/m00../s1. The molecule has 1 fully saturated rings. The number of para-hydroxylation sites is 1. The number of guanidine groups is 2. The van der Waals surface area contributed by atoms with Gasteiger partial charge >= 0.3 is 10.2 Å². The number of aliphatic hydroxyl groups excluding tert-OH is 1. The summed E-state index contributed by atoms with van der Waals surface area (Å²) in [6, 6.07) is 61.4. The number of H-pyrrole nitrogens is 1. The van der Waals surface area contributed by atoms with Gasteiger partial charge in [0.1, 0.15) is 17.3 Å². The number of aliphatic imine (C=N–C) groups is 2. The summed E-state index contributed by atoms with van der Waals surface area (Å²) in [6.45, 7) is 14.9. The lowest BCUT2D eigenvalue weighted by Crippen LogP contribution is -2.51. The van der Waals surface area contributed by atoms with Crippen LogP contribution in [-0.4, -0.2) is 168 Å². The fourth-order valence-corrected chi connectivity index (χ4v) is 18.8. The lowest BCUT2D eigenvalue weighted by atomic mass is 9.45. The number of allylic oxidation sites excluding steroid dienone is 1. The molecule has 2 aromatic heterocycles. The molecule has 10 aromatic rings. The fourth-order valence-electron chi connectivity index (χ4n) is 16.8. The summed E-state index contributed by atoms with van der Waals surface area (Å²) in [5.41, 5.74) is 14.9. The van der Waals surface area contributed by atoms with E-state index in [0.717, 1.165) is 101 Å². The number of aryl methyl sites for hydroxylation is 1. The van der Waals surface area contributed by atoms with Crippen molar-refractivity contribution in [1.29, 1.82) is 0 Å². The summed E-state index contributed by atoms with van der Waals surface area (Å²) < 4.78 is 82.1. The molecule has 2 bridgehead atoms. The van der Waals surface area contributed by atoms with Crippen molar-refractivity contribution in [3.63, 3.8) is 0 Å². The Morgan fingerprint density at radius 2 is 1.19 bits per heavy atom. The third-order valence-electron chi connectivity index (χ3n) is 24.0. The summed E-state index contributed by atoms with van der Waals surface area (Å²) in [5, 5.41) is 35.0. The minimum Gasteiger partial charge on any atom is -0.496 e. The van der Waals surface area contributed by atoms with Crippen molar-refractivity contribution in [3.8, 4) is 11.5 Å². The van der Waals surface area contributed by atoms with E-state index in [1.54, 1.807) is 91.2 Å². The highest BCUT2D eigenvalue weighted by atomic mass is 35.5. The van der Waals surface area contributed by atoms with E-state index in [1.807, 2.05) is 123 Å². The van der Waals surface area contributed by atoms with Gasteiger partial charge in [-0.3, -0.25) is 19.8 Å². The second-order valence-corrected chi connectivity index (χ2v) is 37.8. The summed E-state index contributed by atoms with van der Waals surface area (Å²) >= 11 is 18.2. The van der Waals surface area contributed by atoms with Crippen LogP contribution in [0.15, 0.2) is 261 Å². The molecule has 8 aromatic carbocycles. The molecule has 1 saturated carbocycles. The Hall–Kier alpha value is -10.6. The topological polar surface area (TPSA) is 264 Å². The summed E-state index contributed by atoms with van der Waals surface area (Å²) in [4.78, 5) is 29.5. The van der Waals surface area contributed by atoms with Crippen LogP contribution in [0.5, 0.6) is 11.5 Å². The van der Waals surface area contributed by atoms with Crippen LogP contribution < -0.4 is 24.2 Å². The number of hydrogen-bond donors (Lipinski definition) is 5. The number of hydrazone groups is 3. The number of rotatable bonds is 24. The second-order valence-electron chi connectivity index (χ2n) is 32.9. The molecule has 28 heteroatoms. The molecule has 124 heavy (non-hydrogen) atoms. The number of fused-ring (bicyclic) bond motifs is 2. The molecule has 3 aliphatic heterocycles. The van der Waals surface area contributed by atoms with E-state index in [9.17, 15) is 31.1 Å². The first-order chi connectivity index (χ1) is 59.4. The van der Waals surface area contributed by atoms with Crippen LogP contribution in [0.4, 0.5) is 4.39 Å². The van der Waals surface area contributed by atoms with Crippen molar-refractivity contribution in [2.24, 2.45) is 42.5 Å². The number of pyridine rings is 1. The van der Waals surface area contributed by atoms with E-state index >= 15 is 0 Å². The third-order valence-corrected chi connectivity index (χ3v) is 27.5. The highest BCUT2D eigenvalue weighted by Crippen LogP contribution is 2.65. The highest BCUT2D eigenvalue weighted by molar-refractivity contribution is 7.90. The number of halogens is 4. The van der Waals surface area contributed by atoms with E-state index in [-0.39, 0.29) is 75.7 Å². The monoisotopic (exact) mass is 1770 g/mol. The van der Waals surface area contributed by atoms with Gasteiger partial charge in [0.15, 0.2) is 0 Å². The molecule has 0 saturated heterocycles. The first kappa shape index (κ1) is 92.6. The molecule has 7 atom stereocenters. The number of nitrogens with one attached hydrogen (secondary N) is 4. The Morgan fingerprint density at radius 3 is 1.71 bits per heavy atom. The Balaban J connectivity index is 0.000000151. The van der Waals surface area contributed by atoms with Gasteiger partial charge in [0, 0.05) is 102 Å². The van der Waals surface area contributed by atoms with Crippen LogP contribution in [-0.2, 0) is 36.9 Å². The molecule has 3 unspecified atom stereocenters. The van der Waals surface area contributed by atoms with Gasteiger partial charge in [-0.2, -0.15) is 28.0 Å². The first-order valence-corrected chi connectivity index (χ1v) is 45.6. The Kier molecular flexibility index (Phi) is 30.6. The molecule has 5 N–H and O–H groups in total. The van der Waals surface area contributed by atoms with E-state index in [2.05, 4.69) is 111 Å². The number of ether oxygens (including phenoxy) is 2. The Morgan fingerprint density at radius 1 is 0.669 bits per heavy atom. The maximum Gasteiger partial charge on any atom is 0.303 e. The van der Waals surface area contributed by atoms with E-state index in [0.29, 0.717) is 58.7 Å². The smallest absolute Gasteiger partial charge is 0.303 e. The second kappa shape index (κ2) is 41.0. The number of carbonyl (C=O) groups is 1. The zero-order valence-corrected chi connectivity index (χ0v) is 76.2. The summed E-state index contributed by atoms with van der Waals surface area (Å²) in [6.07, 6.45) is 15.8. The normalized spacial score (nSPS) is 18.9. The molecule has 6 aliphatic rings. The number of aromatic nitrogens is 2. The third kappa shape index (κ3) is 21.7. The molecular formula is C96H110Cl3FN14O8S2. The van der Waals surface area contributed by atoms with E-state index in [1.165, 1.54) is 82.2 Å². The molecule has 3 aliphatic carbocycles. The molecule has 1 amide bonds. The number of aromatic amines is 1. The van der Waals surface area contributed by atoms with Crippen molar-refractivity contribution < 1.29 is 40.6 Å². The summed E-state index contributed by atoms with van der Waals surface area (Å²) in [7, 11) is 3.62. The van der Waals surface area contributed by atoms with Gasteiger partial charge in [-0.15, -0.1) is 0 Å². The molecule has 0 spiro atoms. The zero-order valence-electron chi connectivity index (χ0n) is 72.3. The SMILES string of the molecule is CCCCCCC(C)(C)c1cc(OC)c([C@H]2C=C(CO)[C@H]3C[C@@H]2C3(C)C)c(OC)c1.CN=C(NS(=O)(=O)N(C)C)N1CC(c2cccc(F)c2)C(c2ccc(Cl)cc2)=N1.CN=C(NS(=O)(=O)c1ccc(C)cc1)N1CC(c2cccnc2)C(c2ccc(Cl)cc2)=N1.CN[C@@H](Cc1c[nH]c2ccccc12)C(=O)N1CC(c2ccccc2)C(c2ccc(Cl)cc2)=N1. The Bertz CT molecular complexity index is 5780. The number of hydrogen-bond acceptors (Lipinski definition) is 15. The minimum atomic E-state index is -3.82. The average molecular weight is 1780 g/mol. The number of aliphatic hydroxyl groups is 1. The van der Waals surface area contributed by atoms with E-state index < -0.39 is 20.2 Å².